The van der Waals surface area contributed by atoms with Gasteiger partial charge in [-0.1, -0.05) is 6.07 Å². The summed E-state index contributed by atoms with van der Waals surface area (Å²) in [6.45, 7) is 1.25. The first kappa shape index (κ1) is 14.4. The molecule has 0 aromatic carbocycles. The van der Waals surface area contributed by atoms with Crippen molar-refractivity contribution in [3.05, 3.63) is 23.9 Å². The fourth-order valence-electron chi connectivity index (χ4n) is 2.13. The molecule has 1 saturated heterocycles. The van der Waals surface area contributed by atoms with Crippen molar-refractivity contribution in [1.82, 2.24) is 9.29 Å². The SMILES string of the molecule is COC1CCCN(S(=O)(=O)c2ccc(CN)cn2)C1. The predicted octanol–water partition coefficient (Wildman–Crippen LogP) is 0.340. The van der Waals surface area contributed by atoms with Gasteiger partial charge in [0.2, 0.25) is 0 Å². The zero-order chi connectivity index (χ0) is 13.9. The summed E-state index contributed by atoms with van der Waals surface area (Å²) in [5.41, 5.74) is 6.28. The molecule has 1 aromatic rings. The molecule has 19 heavy (non-hydrogen) atoms. The maximum absolute atomic E-state index is 12.4. The second-order valence-electron chi connectivity index (χ2n) is 4.57. The van der Waals surface area contributed by atoms with E-state index in [2.05, 4.69) is 4.98 Å². The van der Waals surface area contributed by atoms with E-state index in [1.54, 1.807) is 13.2 Å². The number of hydrogen-bond acceptors (Lipinski definition) is 5. The number of hydrogen-bond donors (Lipinski definition) is 1. The average molecular weight is 285 g/mol. The predicted molar refractivity (Wildman–Crippen MR) is 70.9 cm³/mol. The molecule has 0 aliphatic carbocycles. The van der Waals surface area contributed by atoms with Crippen LogP contribution < -0.4 is 5.73 Å². The molecule has 0 spiro atoms. The summed E-state index contributed by atoms with van der Waals surface area (Å²) in [6.07, 6.45) is 3.16. The van der Waals surface area contributed by atoms with E-state index in [1.165, 1.54) is 16.6 Å². The van der Waals surface area contributed by atoms with E-state index in [1.807, 2.05) is 0 Å². The van der Waals surface area contributed by atoms with E-state index in [4.69, 9.17) is 10.5 Å². The first-order valence-corrected chi connectivity index (χ1v) is 7.70. The van der Waals surface area contributed by atoms with Gasteiger partial charge in [0.05, 0.1) is 6.10 Å². The second kappa shape index (κ2) is 5.96. The average Bonchev–Trinajstić information content (AvgIpc) is 2.47. The number of aromatic nitrogens is 1. The Balaban J connectivity index is 2.20. The van der Waals surface area contributed by atoms with Crippen LogP contribution >= 0.6 is 0 Å². The Labute approximate surface area is 113 Å². The van der Waals surface area contributed by atoms with Crippen LogP contribution in [0.4, 0.5) is 0 Å². The Hall–Kier alpha value is -1.02. The van der Waals surface area contributed by atoms with Gasteiger partial charge in [0.25, 0.3) is 10.0 Å². The molecule has 2 N–H and O–H groups in total. The van der Waals surface area contributed by atoms with Crippen molar-refractivity contribution in [3.8, 4) is 0 Å². The van der Waals surface area contributed by atoms with Crippen molar-refractivity contribution in [2.45, 2.75) is 30.5 Å². The highest BCUT2D eigenvalue weighted by atomic mass is 32.2. The minimum Gasteiger partial charge on any atom is -0.380 e. The quantitative estimate of drug-likeness (QED) is 0.862. The number of methoxy groups -OCH3 is 1. The summed E-state index contributed by atoms with van der Waals surface area (Å²) in [4.78, 5) is 4.00. The van der Waals surface area contributed by atoms with Gasteiger partial charge >= 0.3 is 0 Å². The molecule has 6 nitrogen and oxygen atoms in total. The van der Waals surface area contributed by atoms with Gasteiger partial charge in [0, 0.05) is 32.9 Å². The van der Waals surface area contributed by atoms with Crippen LogP contribution in [0.3, 0.4) is 0 Å². The van der Waals surface area contributed by atoms with Crippen LogP contribution in [0.2, 0.25) is 0 Å². The first-order valence-electron chi connectivity index (χ1n) is 6.26. The highest BCUT2D eigenvalue weighted by Gasteiger charge is 2.30. The van der Waals surface area contributed by atoms with Gasteiger partial charge in [-0.2, -0.15) is 4.31 Å². The van der Waals surface area contributed by atoms with E-state index in [0.717, 1.165) is 18.4 Å². The van der Waals surface area contributed by atoms with Gasteiger partial charge < -0.3 is 10.5 Å². The Morgan fingerprint density at radius 1 is 1.53 bits per heavy atom. The topological polar surface area (TPSA) is 85.5 Å². The van der Waals surface area contributed by atoms with Gasteiger partial charge in [-0.05, 0) is 24.5 Å². The van der Waals surface area contributed by atoms with Gasteiger partial charge in [0.1, 0.15) is 0 Å². The Morgan fingerprint density at radius 3 is 2.89 bits per heavy atom. The molecule has 106 valence electrons. The second-order valence-corrected chi connectivity index (χ2v) is 6.46. The van der Waals surface area contributed by atoms with Crippen molar-refractivity contribution in [2.75, 3.05) is 20.2 Å². The normalized spacial score (nSPS) is 21.5. The van der Waals surface area contributed by atoms with Gasteiger partial charge in [-0.25, -0.2) is 13.4 Å². The lowest BCUT2D eigenvalue weighted by Gasteiger charge is -2.30. The summed E-state index contributed by atoms with van der Waals surface area (Å²) >= 11 is 0. The van der Waals surface area contributed by atoms with Gasteiger partial charge in [-0.15, -0.1) is 0 Å². The monoisotopic (exact) mass is 285 g/mol. The fourth-order valence-corrected chi connectivity index (χ4v) is 3.55. The van der Waals surface area contributed by atoms with Crippen LogP contribution in [0.25, 0.3) is 0 Å². The van der Waals surface area contributed by atoms with Crippen LogP contribution in [-0.4, -0.2) is 44.0 Å². The maximum atomic E-state index is 12.4. The Bertz CT molecular complexity index is 516. The number of nitrogens with zero attached hydrogens (tertiary/aromatic N) is 2. The van der Waals surface area contributed by atoms with Gasteiger partial charge in [-0.3, -0.25) is 0 Å². The van der Waals surface area contributed by atoms with Crippen molar-refractivity contribution in [1.29, 1.82) is 0 Å². The summed E-state index contributed by atoms with van der Waals surface area (Å²) in [5, 5.41) is 0.0708. The summed E-state index contributed by atoms with van der Waals surface area (Å²) < 4.78 is 31.5. The van der Waals surface area contributed by atoms with E-state index in [-0.39, 0.29) is 11.1 Å². The van der Waals surface area contributed by atoms with E-state index < -0.39 is 10.0 Å². The number of nitrogens with two attached hydrogens (primary N) is 1. The molecule has 2 rings (SSSR count). The Morgan fingerprint density at radius 2 is 2.32 bits per heavy atom. The minimum absolute atomic E-state index is 0.0353. The molecular weight excluding hydrogens is 266 g/mol. The number of ether oxygens (including phenoxy) is 1. The van der Waals surface area contributed by atoms with Crippen molar-refractivity contribution in [3.63, 3.8) is 0 Å². The molecule has 0 amide bonds. The number of rotatable bonds is 4. The fraction of sp³-hybridized carbons (Fsp3) is 0.583. The summed E-state index contributed by atoms with van der Waals surface area (Å²) in [5.74, 6) is 0. The third-order valence-corrected chi connectivity index (χ3v) is 5.09. The number of sulfonamides is 1. The molecule has 0 radical (unpaired) electrons. The van der Waals surface area contributed by atoms with E-state index >= 15 is 0 Å². The van der Waals surface area contributed by atoms with Crippen LogP contribution in [0.15, 0.2) is 23.4 Å². The molecule has 1 aliphatic heterocycles. The highest BCUT2D eigenvalue weighted by Crippen LogP contribution is 2.20. The molecular formula is C12H19N3O3S. The first-order chi connectivity index (χ1) is 9.07. The van der Waals surface area contributed by atoms with Gasteiger partial charge in [0.15, 0.2) is 5.03 Å². The summed E-state index contributed by atoms with van der Waals surface area (Å²) in [7, 11) is -1.92. The molecule has 1 fully saturated rings. The molecule has 1 aromatic heterocycles. The van der Waals surface area contributed by atoms with Crippen LogP contribution in [-0.2, 0) is 21.3 Å². The molecule has 1 atom stereocenters. The highest BCUT2D eigenvalue weighted by molar-refractivity contribution is 7.89. The zero-order valence-corrected chi connectivity index (χ0v) is 11.8. The van der Waals surface area contributed by atoms with Crippen LogP contribution in [0.5, 0.6) is 0 Å². The van der Waals surface area contributed by atoms with Crippen molar-refractivity contribution >= 4 is 10.0 Å². The largest absolute Gasteiger partial charge is 0.380 e. The lowest BCUT2D eigenvalue weighted by molar-refractivity contribution is 0.0571. The molecule has 1 unspecified atom stereocenters. The summed E-state index contributed by atoms with van der Waals surface area (Å²) in [6, 6.07) is 3.20. The smallest absolute Gasteiger partial charge is 0.260 e. The molecule has 0 bridgehead atoms. The standard InChI is InChI=1S/C12H19N3O3S/c1-18-11-3-2-6-15(9-11)19(16,17)12-5-4-10(7-13)8-14-12/h4-5,8,11H,2-3,6-7,9,13H2,1H3. The maximum Gasteiger partial charge on any atom is 0.260 e. The third kappa shape index (κ3) is 3.11. The Kier molecular flexibility index (Phi) is 4.51. The minimum atomic E-state index is -3.53. The van der Waals surface area contributed by atoms with E-state index in [0.29, 0.717) is 19.6 Å². The third-order valence-electron chi connectivity index (χ3n) is 3.31. The lowest BCUT2D eigenvalue weighted by Crippen LogP contribution is -2.43. The van der Waals surface area contributed by atoms with Crippen molar-refractivity contribution < 1.29 is 13.2 Å². The van der Waals surface area contributed by atoms with Crippen molar-refractivity contribution in [2.24, 2.45) is 5.73 Å². The van der Waals surface area contributed by atoms with Crippen LogP contribution in [0.1, 0.15) is 18.4 Å². The van der Waals surface area contributed by atoms with Crippen LogP contribution in [0, 0.1) is 0 Å². The number of piperidine rings is 1. The number of pyridine rings is 1. The molecule has 1 aliphatic rings. The molecule has 2 heterocycles. The molecule has 7 heteroatoms. The van der Waals surface area contributed by atoms with E-state index in [9.17, 15) is 8.42 Å². The molecule has 0 saturated carbocycles. The zero-order valence-electron chi connectivity index (χ0n) is 10.9. The lowest BCUT2D eigenvalue weighted by atomic mass is 10.1.